The Bertz CT molecular complexity index is 599. The van der Waals surface area contributed by atoms with Gasteiger partial charge in [-0.05, 0) is 37.2 Å². The zero-order valence-corrected chi connectivity index (χ0v) is 13.0. The van der Waals surface area contributed by atoms with Crippen molar-refractivity contribution in [3.63, 3.8) is 0 Å². The summed E-state index contributed by atoms with van der Waals surface area (Å²) in [5.41, 5.74) is 1.86. The number of para-hydroxylation sites is 1. The lowest BCUT2D eigenvalue weighted by Gasteiger charge is -2.18. The molecule has 0 aliphatic carbocycles. The Morgan fingerprint density at radius 1 is 1.24 bits per heavy atom. The Hall–Kier alpha value is -1.58. The van der Waals surface area contributed by atoms with Crippen LogP contribution in [0.2, 0.25) is 5.02 Å². The Kier molecular flexibility index (Phi) is 5.59. The van der Waals surface area contributed by atoms with E-state index in [-0.39, 0.29) is 11.1 Å². The highest BCUT2D eigenvalue weighted by Crippen LogP contribution is 2.27. The van der Waals surface area contributed by atoms with Gasteiger partial charge in [-0.25, -0.2) is 4.39 Å². The summed E-state index contributed by atoms with van der Waals surface area (Å²) in [6.45, 7) is 2.43. The lowest BCUT2D eigenvalue weighted by atomic mass is 10.0. The standard InChI is InChI=1S/C17H19ClFNO/c1-3-16(20-2)13-6-4-5-7-17(13)21-11-12-8-9-14(18)15(19)10-12/h4-10,16,20H,3,11H2,1-2H3. The maximum atomic E-state index is 13.4. The highest BCUT2D eigenvalue weighted by atomic mass is 35.5. The molecule has 21 heavy (non-hydrogen) atoms. The number of halogens is 2. The van der Waals surface area contributed by atoms with E-state index >= 15 is 0 Å². The second kappa shape index (κ2) is 7.43. The Balaban J connectivity index is 2.14. The van der Waals surface area contributed by atoms with E-state index in [1.165, 1.54) is 6.07 Å². The maximum absolute atomic E-state index is 13.4. The summed E-state index contributed by atoms with van der Waals surface area (Å²) in [6, 6.07) is 12.9. The maximum Gasteiger partial charge on any atom is 0.142 e. The third kappa shape index (κ3) is 3.96. The van der Waals surface area contributed by atoms with Crippen LogP contribution in [0.1, 0.15) is 30.5 Å². The van der Waals surface area contributed by atoms with E-state index in [2.05, 4.69) is 12.2 Å². The second-order valence-corrected chi connectivity index (χ2v) is 5.23. The molecule has 0 saturated carbocycles. The molecule has 4 heteroatoms. The fourth-order valence-electron chi connectivity index (χ4n) is 2.27. The fraction of sp³-hybridized carbons (Fsp3) is 0.294. The summed E-state index contributed by atoms with van der Waals surface area (Å²) in [6.07, 6.45) is 0.965. The van der Waals surface area contributed by atoms with Gasteiger partial charge in [0.2, 0.25) is 0 Å². The molecule has 112 valence electrons. The molecule has 0 fully saturated rings. The summed E-state index contributed by atoms with van der Waals surface area (Å²) in [7, 11) is 1.93. The van der Waals surface area contributed by atoms with Crippen molar-refractivity contribution in [3.05, 3.63) is 64.4 Å². The van der Waals surface area contributed by atoms with Crippen LogP contribution in [0.3, 0.4) is 0 Å². The van der Waals surface area contributed by atoms with Crippen LogP contribution < -0.4 is 10.1 Å². The number of ether oxygens (including phenoxy) is 1. The molecule has 0 aliphatic rings. The van der Waals surface area contributed by atoms with Crippen molar-refractivity contribution in [2.24, 2.45) is 0 Å². The zero-order valence-electron chi connectivity index (χ0n) is 12.2. The predicted molar refractivity (Wildman–Crippen MR) is 84.3 cm³/mol. The van der Waals surface area contributed by atoms with Crippen molar-refractivity contribution in [2.45, 2.75) is 26.0 Å². The van der Waals surface area contributed by atoms with E-state index in [4.69, 9.17) is 16.3 Å². The highest BCUT2D eigenvalue weighted by molar-refractivity contribution is 6.30. The lowest BCUT2D eigenvalue weighted by Crippen LogP contribution is -2.16. The van der Waals surface area contributed by atoms with E-state index < -0.39 is 5.82 Å². The average Bonchev–Trinajstić information content (AvgIpc) is 2.51. The summed E-state index contributed by atoms with van der Waals surface area (Å²) in [5.74, 6) is 0.391. The fourth-order valence-corrected chi connectivity index (χ4v) is 2.39. The van der Waals surface area contributed by atoms with Crippen LogP contribution in [-0.4, -0.2) is 7.05 Å². The van der Waals surface area contributed by atoms with Crippen LogP contribution in [-0.2, 0) is 6.61 Å². The molecule has 0 spiro atoms. The molecular weight excluding hydrogens is 289 g/mol. The van der Waals surface area contributed by atoms with Crippen molar-refractivity contribution in [3.8, 4) is 5.75 Å². The third-order valence-corrected chi connectivity index (χ3v) is 3.74. The van der Waals surface area contributed by atoms with Gasteiger partial charge in [0.15, 0.2) is 0 Å². The van der Waals surface area contributed by atoms with Crippen LogP contribution in [0.4, 0.5) is 4.39 Å². The Morgan fingerprint density at radius 3 is 2.67 bits per heavy atom. The first-order chi connectivity index (χ1) is 10.2. The molecule has 2 rings (SSSR count). The molecule has 0 aromatic heterocycles. The predicted octanol–water partition coefficient (Wildman–Crippen LogP) is 4.73. The van der Waals surface area contributed by atoms with Gasteiger partial charge in [-0.3, -0.25) is 0 Å². The molecule has 1 unspecified atom stereocenters. The van der Waals surface area contributed by atoms with Gasteiger partial charge in [0.05, 0.1) is 5.02 Å². The summed E-state index contributed by atoms with van der Waals surface area (Å²) in [5, 5.41) is 3.39. The number of nitrogens with one attached hydrogen (secondary N) is 1. The molecule has 0 amide bonds. The van der Waals surface area contributed by atoms with Gasteiger partial charge < -0.3 is 10.1 Å². The molecule has 2 aromatic carbocycles. The van der Waals surface area contributed by atoms with Crippen LogP contribution in [0.5, 0.6) is 5.75 Å². The smallest absolute Gasteiger partial charge is 0.142 e. The van der Waals surface area contributed by atoms with Gasteiger partial charge in [-0.2, -0.15) is 0 Å². The van der Waals surface area contributed by atoms with Crippen LogP contribution in [0.15, 0.2) is 42.5 Å². The van der Waals surface area contributed by atoms with Gasteiger partial charge in [-0.15, -0.1) is 0 Å². The van der Waals surface area contributed by atoms with Crippen LogP contribution in [0.25, 0.3) is 0 Å². The number of benzene rings is 2. The number of hydrogen-bond acceptors (Lipinski definition) is 2. The molecule has 0 heterocycles. The molecule has 1 N–H and O–H groups in total. The van der Waals surface area contributed by atoms with Crippen molar-refractivity contribution >= 4 is 11.6 Å². The monoisotopic (exact) mass is 307 g/mol. The molecule has 2 nitrogen and oxygen atoms in total. The number of hydrogen-bond donors (Lipinski definition) is 1. The third-order valence-electron chi connectivity index (χ3n) is 3.43. The molecule has 2 aromatic rings. The second-order valence-electron chi connectivity index (χ2n) is 4.82. The molecular formula is C17H19ClFNO. The van der Waals surface area contributed by atoms with Gasteiger partial charge in [0.1, 0.15) is 18.2 Å². The molecule has 1 atom stereocenters. The van der Waals surface area contributed by atoms with Gasteiger partial charge in [0.25, 0.3) is 0 Å². The lowest BCUT2D eigenvalue weighted by molar-refractivity contribution is 0.298. The summed E-state index contributed by atoms with van der Waals surface area (Å²) in [4.78, 5) is 0. The SMILES string of the molecule is CCC(NC)c1ccccc1OCc1ccc(Cl)c(F)c1. The van der Waals surface area contributed by atoms with Crippen LogP contribution >= 0.6 is 11.6 Å². The van der Waals surface area contributed by atoms with Gasteiger partial charge in [0, 0.05) is 11.6 Å². The molecule has 0 radical (unpaired) electrons. The number of rotatable bonds is 6. The Morgan fingerprint density at radius 2 is 2.00 bits per heavy atom. The molecule has 0 saturated heterocycles. The normalized spacial score (nSPS) is 12.2. The van der Waals surface area contributed by atoms with E-state index in [9.17, 15) is 4.39 Å². The van der Waals surface area contributed by atoms with Crippen molar-refractivity contribution in [1.29, 1.82) is 0 Å². The largest absolute Gasteiger partial charge is 0.489 e. The first-order valence-corrected chi connectivity index (χ1v) is 7.36. The van der Waals surface area contributed by atoms with Crippen molar-refractivity contribution < 1.29 is 9.13 Å². The van der Waals surface area contributed by atoms with Gasteiger partial charge >= 0.3 is 0 Å². The van der Waals surface area contributed by atoms with E-state index in [1.54, 1.807) is 12.1 Å². The van der Waals surface area contributed by atoms with Crippen LogP contribution in [0, 0.1) is 5.82 Å². The molecule has 0 bridgehead atoms. The summed E-state index contributed by atoms with van der Waals surface area (Å²) >= 11 is 5.68. The van der Waals surface area contributed by atoms with E-state index in [0.717, 1.165) is 23.3 Å². The first kappa shape index (κ1) is 15.8. The van der Waals surface area contributed by atoms with E-state index in [0.29, 0.717) is 6.61 Å². The van der Waals surface area contributed by atoms with Crippen molar-refractivity contribution in [1.82, 2.24) is 5.32 Å². The van der Waals surface area contributed by atoms with E-state index in [1.807, 2.05) is 31.3 Å². The topological polar surface area (TPSA) is 21.3 Å². The minimum absolute atomic E-state index is 0.125. The molecule has 0 aliphatic heterocycles. The van der Waals surface area contributed by atoms with Crippen molar-refractivity contribution in [2.75, 3.05) is 7.05 Å². The summed E-state index contributed by atoms with van der Waals surface area (Å²) < 4.78 is 19.3. The minimum atomic E-state index is -0.423. The first-order valence-electron chi connectivity index (χ1n) is 6.98. The van der Waals surface area contributed by atoms with Gasteiger partial charge in [-0.1, -0.05) is 42.8 Å². The Labute approximate surface area is 129 Å². The average molecular weight is 308 g/mol. The minimum Gasteiger partial charge on any atom is -0.489 e. The quantitative estimate of drug-likeness (QED) is 0.833. The zero-order chi connectivity index (χ0) is 15.2. The highest BCUT2D eigenvalue weighted by Gasteiger charge is 2.12.